The summed E-state index contributed by atoms with van der Waals surface area (Å²) in [7, 11) is -3.29. The summed E-state index contributed by atoms with van der Waals surface area (Å²) in [6.07, 6.45) is 2.68. The highest BCUT2D eigenvalue weighted by atomic mass is 32.2. The number of ether oxygens (including phenoxy) is 1. The monoisotopic (exact) mass is 280 g/mol. The van der Waals surface area contributed by atoms with Crippen LogP contribution in [0.4, 0.5) is 0 Å². The zero-order chi connectivity index (χ0) is 13.5. The SMILES string of the molecule is O=C(c1cccc2c1OCC2)C1CCCCS1(=O)=O. The third-order valence-electron chi connectivity index (χ3n) is 3.85. The van der Waals surface area contributed by atoms with Crippen molar-refractivity contribution in [3.05, 3.63) is 29.3 Å². The van der Waals surface area contributed by atoms with Gasteiger partial charge in [0.1, 0.15) is 11.0 Å². The molecule has 1 aromatic carbocycles. The zero-order valence-corrected chi connectivity index (χ0v) is 11.4. The predicted molar refractivity (Wildman–Crippen MR) is 71.4 cm³/mol. The Hall–Kier alpha value is -1.36. The molecule has 1 saturated heterocycles. The topological polar surface area (TPSA) is 60.4 Å². The minimum Gasteiger partial charge on any atom is -0.492 e. The molecule has 0 radical (unpaired) electrons. The molecule has 5 heteroatoms. The fourth-order valence-electron chi connectivity index (χ4n) is 2.83. The molecule has 2 aliphatic rings. The van der Waals surface area contributed by atoms with E-state index in [1.54, 1.807) is 12.1 Å². The second-order valence-corrected chi connectivity index (χ2v) is 7.41. The van der Waals surface area contributed by atoms with E-state index in [1.165, 1.54) is 0 Å². The first-order chi connectivity index (χ1) is 9.09. The van der Waals surface area contributed by atoms with Crippen LogP contribution in [0.2, 0.25) is 0 Å². The Morgan fingerprint density at radius 3 is 2.89 bits per heavy atom. The van der Waals surface area contributed by atoms with E-state index in [9.17, 15) is 13.2 Å². The Kier molecular flexibility index (Phi) is 3.09. The van der Waals surface area contributed by atoms with E-state index >= 15 is 0 Å². The maximum Gasteiger partial charge on any atom is 0.184 e. The maximum atomic E-state index is 12.5. The van der Waals surface area contributed by atoms with Gasteiger partial charge in [0.2, 0.25) is 0 Å². The zero-order valence-electron chi connectivity index (χ0n) is 10.6. The molecule has 0 N–H and O–H groups in total. The lowest BCUT2D eigenvalue weighted by atomic mass is 10.0. The highest BCUT2D eigenvalue weighted by molar-refractivity contribution is 7.92. The number of hydrogen-bond donors (Lipinski definition) is 0. The Morgan fingerprint density at radius 1 is 1.26 bits per heavy atom. The van der Waals surface area contributed by atoms with Gasteiger partial charge in [-0.05, 0) is 24.5 Å². The molecule has 0 saturated carbocycles. The molecule has 1 unspecified atom stereocenters. The van der Waals surface area contributed by atoms with Crippen LogP contribution in [0.1, 0.15) is 35.2 Å². The molecule has 102 valence electrons. The van der Waals surface area contributed by atoms with Crippen molar-refractivity contribution in [1.29, 1.82) is 0 Å². The Balaban J connectivity index is 1.99. The van der Waals surface area contributed by atoms with Gasteiger partial charge in [-0.25, -0.2) is 8.42 Å². The summed E-state index contributed by atoms with van der Waals surface area (Å²) >= 11 is 0. The van der Waals surface area contributed by atoms with E-state index in [-0.39, 0.29) is 11.5 Å². The molecule has 0 amide bonds. The van der Waals surface area contributed by atoms with Crippen molar-refractivity contribution in [3.8, 4) is 5.75 Å². The average Bonchev–Trinajstić information content (AvgIpc) is 2.85. The van der Waals surface area contributed by atoms with Crippen molar-refractivity contribution >= 4 is 15.6 Å². The molecule has 2 aliphatic heterocycles. The minimum absolute atomic E-state index is 0.124. The average molecular weight is 280 g/mol. The Bertz CT molecular complexity index is 618. The molecule has 1 atom stereocenters. The molecule has 0 spiro atoms. The van der Waals surface area contributed by atoms with E-state index in [1.807, 2.05) is 6.07 Å². The van der Waals surface area contributed by atoms with E-state index in [0.29, 0.717) is 30.8 Å². The summed E-state index contributed by atoms with van der Waals surface area (Å²) in [6, 6.07) is 5.40. The van der Waals surface area contributed by atoms with Crippen LogP contribution in [0.25, 0.3) is 0 Å². The van der Waals surface area contributed by atoms with Crippen LogP contribution in [0.15, 0.2) is 18.2 Å². The molecule has 2 heterocycles. The van der Waals surface area contributed by atoms with Crippen LogP contribution in [0.5, 0.6) is 5.75 Å². The standard InChI is InChI=1S/C14H16O4S/c15-13(12-6-1-2-9-19(12,16)17)11-5-3-4-10-7-8-18-14(10)11/h3-5,12H,1-2,6-9H2. The number of rotatable bonds is 2. The summed E-state index contributed by atoms with van der Waals surface area (Å²) in [5.41, 5.74) is 1.43. The number of fused-ring (bicyclic) bond motifs is 1. The smallest absolute Gasteiger partial charge is 0.184 e. The van der Waals surface area contributed by atoms with Crippen molar-refractivity contribution in [1.82, 2.24) is 0 Å². The third kappa shape index (κ3) is 2.16. The summed E-state index contributed by atoms with van der Waals surface area (Å²) in [6.45, 7) is 0.567. The van der Waals surface area contributed by atoms with Gasteiger partial charge in [-0.3, -0.25) is 4.79 Å². The van der Waals surface area contributed by atoms with Crippen molar-refractivity contribution in [2.75, 3.05) is 12.4 Å². The summed E-state index contributed by atoms with van der Waals surface area (Å²) in [4.78, 5) is 12.5. The van der Waals surface area contributed by atoms with Crippen LogP contribution in [-0.4, -0.2) is 31.8 Å². The van der Waals surface area contributed by atoms with E-state index < -0.39 is 15.1 Å². The first-order valence-electron chi connectivity index (χ1n) is 6.60. The largest absolute Gasteiger partial charge is 0.492 e. The van der Waals surface area contributed by atoms with Crippen LogP contribution >= 0.6 is 0 Å². The summed E-state index contributed by atoms with van der Waals surface area (Å²) in [5, 5.41) is -0.878. The first-order valence-corrected chi connectivity index (χ1v) is 8.31. The molecular formula is C14H16O4S. The van der Waals surface area contributed by atoms with Gasteiger partial charge in [0.15, 0.2) is 15.6 Å². The van der Waals surface area contributed by atoms with Crippen molar-refractivity contribution in [2.45, 2.75) is 30.9 Å². The number of ketones is 1. The second kappa shape index (κ2) is 4.63. The first kappa shape index (κ1) is 12.7. The quantitative estimate of drug-likeness (QED) is 0.775. The molecule has 0 aliphatic carbocycles. The normalized spacial score (nSPS) is 24.5. The van der Waals surface area contributed by atoms with Crippen LogP contribution in [0, 0.1) is 0 Å². The molecule has 1 fully saturated rings. The molecule has 0 aromatic heterocycles. The molecule has 0 bridgehead atoms. The number of para-hydroxylation sites is 1. The van der Waals surface area contributed by atoms with Gasteiger partial charge >= 0.3 is 0 Å². The molecule has 3 rings (SSSR count). The van der Waals surface area contributed by atoms with Crippen LogP contribution in [-0.2, 0) is 16.3 Å². The van der Waals surface area contributed by atoms with E-state index in [0.717, 1.165) is 18.4 Å². The summed E-state index contributed by atoms with van der Waals surface area (Å²) in [5.74, 6) is 0.422. The molecular weight excluding hydrogens is 264 g/mol. The molecule has 1 aromatic rings. The lowest BCUT2D eigenvalue weighted by molar-refractivity contribution is 0.0978. The lowest BCUT2D eigenvalue weighted by Crippen LogP contribution is -2.35. The minimum atomic E-state index is -3.29. The van der Waals surface area contributed by atoms with Gasteiger partial charge in [0.05, 0.1) is 17.9 Å². The van der Waals surface area contributed by atoms with E-state index in [4.69, 9.17) is 4.74 Å². The number of Topliss-reactive ketones (excluding diaryl/α,β-unsaturated/α-hetero) is 1. The van der Waals surface area contributed by atoms with Crippen molar-refractivity contribution in [2.24, 2.45) is 0 Å². The van der Waals surface area contributed by atoms with Gasteiger partial charge in [0, 0.05) is 6.42 Å². The van der Waals surface area contributed by atoms with Crippen LogP contribution in [0.3, 0.4) is 0 Å². The van der Waals surface area contributed by atoms with Gasteiger partial charge in [0.25, 0.3) is 0 Å². The number of hydrogen-bond acceptors (Lipinski definition) is 4. The molecule has 4 nitrogen and oxygen atoms in total. The summed E-state index contributed by atoms with van der Waals surface area (Å²) < 4.78 is 29.6. The van der Waals surface area contributed by atoms with Gasteiger partial charge in [-0.1, -0.05) is 18.6 Å². The van der Waals surface area contributed by atoms with Crippen molar-refractivity contribution in [3.63, 3.8) is 0 Å². The lowest BCUT2D eigenvalue weighted by Gasteiger charge is -2.21. The third-order valence-corrected chi connectivity index (χ3v) is 6.03. The fraction of sp³-hybridized carbons (Fsp3) is 0.500. The Morgan fingerprint density at radius 2 is 2.11 bits per heavy atom. The number of benzene rings is 1. The number of sulfone groups is 1. The second-order valence-electron chi connectivity index (χ2n) is 5.11. The van der Waals surface area contributed by atoms with E-state index in [2.05, 4.69) is 0 Å². The van der Waals surface area contributed by atoms with Gasteiger partial charge in [-0.2, -0.15) is 0 Å². The highest BCUT2D eigenvalue weighted by Gasteiger charge is 2.37. The fourth-order valence-corrected chi connectivity index (χ4v) is 4.70. The highest BCUT2D eigenvalue weighted by Crippen LogP contribution is 2.32. The Labute approximate surface area is 112 Å². The predicted octanol–water partition coefficient (Wildman–Crippen LogP) is 1.77. The maximum absolute atomic E-state index is 12.5. The van der Waals surface area contributed by atoms with Gasteiger partial charge < -0.3 is 4.74 Å². The van der Waals surface area contributed by atoms with Gasteiger partial charge in [-0.15, -0.1) is 0 Å². The van der Waals surface area contributed by atoms with Crippen molar-refractivity contribution < 1.29 is 17.9 Å². The van der Waals surface area contributed by atoms with Crippen LogP contribution < -0.4 is 4.74 Å². The molecule has 19 heavy (non-hydrogen) atoms. The number of carbonyl (C=O) groups is 1. The number of carbonyl (C=O) groups excluding carboxylic acids is 1.